The number of amides is 1. The van der Waals surface area contributed by atoms with Crippen molar-refractivity contribution >= 4 is 17.2 Å². The van der Waals surface area contributed by atoms with Gasteiger partial charge in [-0.1, -0.05) is 0 Å². The van der Waals surface area contributed by atoms with E-state index in [4.69, 9.17) is 0 Å². The molecule has 0 aromatic carbocycles. The Morgan fingerprint density at radius 3 is 2.75 bits per heavy atom. The van der Waals surface area contributed by atoms with Crippen LogP contribution < -0.4 is 0 Å². The Balaban J connectivity index is 1.32. The zero-order valence-electron chi connectivity index (χ0n) is 13.9. The summed E-state index contributed by atoms with van der Waals surface area (Å²) < 4.78 is 1.86. The SMILES string of the molecule is O=C(c1scc2c1CCCC2)N1CCN(CCn2cncn2)CC1. The number of hydrogen-bond acceptors (Lipinski definition) is 5. The molecule has 0 radical (unpaired) electrons. The number of nitrogens with zero attached hydrogens (tertiary/aromatic N) is 5. The van der Waals surface area contributed by atoms with Crippen molar-refractivity contribution in [2.24, 2.45) is 0 Å². The summed E-state index contributed by atoms with van der Waals surface area (Å²) in [6, 6.07) is 0. The van der Waals surface area contributed by atoms with Gasteiger partial charge in [0.15, 0.2) is 0 Å². The van der Waals surface area contributed by atoms with E-state index in [1.807, 2.05) is 9.58 Å². The van der Waals surface area contributed by atoms with Gasteiger partial charge in [0, 0.05) is 32.7 Å². The van der Waals surface area contributed by atoms with Gasteiger partial charge in [-0.2, -0.15) is 5.10 Å². The first kappa shape index (κ1) is 15.8. The van der Waals surface area contributed by atoms with Crippen molar-refractivity contribution in [3.8, 4) is 0 Å². The fourth-order valence-corrected chi connectivity index (χ4v) is 4.73. The maximum atomic E-state index is 12.9. The number of piperazine rings is 1. The lowest BCUT2D eigenvalue weighted by Gasteiger charge is -2.34. The largest absolute Gasteiger partial charge is 0.335 e. The van der Waals surface area contributed by atoms with E-state index in [9.17, 15) is 4.79 Å². The third-order valence-corrected chi connectivity index (χ3v) is 6.13. The molecule has 0 unspecified atom stereocenters. The van der Waals surface area contributed by atoms with E-state index in [2.05, 4.69) is 20.4 Å². The first-order chi connectivity index (χ1) is 11.8. The number of carbonyl (C=O) groups is 1. The van der Waals surface area contributed by atoms with Crippen LogP contribution >= 0.6 is 11.3 Å². The van der Waals surface area contributed by atoms with Gasteiger partial charge in [0.2, 0.25) is 0 Å². The molecule has 6 nitrogen and oxygen atoms in total. The Morgan fingerprint density at radius 2 is 1.96 bits per heavy atom. The molecule has 2 aromatic heterocycles. The van der Waals surface area contributed by atoms with E-state index < -0.39 is 0 Å². The predicted octanol–water partition coefficient (Wildman–Crippen LogP) is 1.68. The second-order valence-corrected chi connectivity index (χ2v) is 7.45. The molecular weight excluding hydrogens is 322 g/mol. The van der Waals surface area contributed by atoms with E-state index >= 15 is 0 Å². The number of aromatic nitrogens is 3. The van der Waals surface area contributed by atoms with Crippen LogP contribution in [0.3, 0.4) is 0 Å². The fourth-order valence-electron chi connectivity index (χ4n) is 3.61. The van der Waals surface area contributed by atoms with Crippen molar-refractivity contribution in [2.75, 3.05) is 32.7 Å². The van der Waals surface area contributed by atoms with Crippen molar-refractivity contribution in [3.63, 3.8) is 0 Å². The Morgan fingerprint density at radius 1 is 1.12 bits per heavy atom. The summed E-state index contributed by atoms with van der Waals surface area (Å²) in [6.45, 7) is 5.33. The van der Waals surface area contributed by atoms with E-state index in [1.165, 1.54) is 24.0 Å². The first-order valence-electron chi connectivity index (χ1n) is 8.74. The van der Waals surface area contributed by atoms with Crippen molar-refractivity contribution in [1.82, 2.24) is 24.6 Å². The number of hydrogen-bond donors (Lipinski definition) is 0. The third kappa shape index (κ3) is 3.23. The minimum absolute atomic E-state index is 0.249. The van der Waals surface area contributed by atoms with E-state index in [0.717, 1.165) is 57.0 Å². The Labute approximate surface area is 146 Å². The van der Waals surface area contributed by atoms with Crippen molar-refractivity contribution in [1.29, 1.82) is 0 Å². The zero-order valence-corrected chi connectivity index (χ0v) is 14.7. The van der Waals surface area contributed by atoms with Crippen molar-refractivity contribution < 1.29 is 4.79 Å². The molecule has 0 N–H and O–H groups in total. The third-order valence-electron chi connectivity index (χ3n) is 5.07. The molecule has 1 saturated heterocycles. The highest BCUT2D eigenvalue weighted by Crippen LogP contribution is 2.30. The molecular formula is C17H23N5OS. The maximum absolute atomic E-state index is 12.9. The summed E-state index contributed by atoms with van der Waals surface area (Å²) in [6.07, 6.45) is 8.03. The predicted molar refractivity (Wildman–Crippen MR) is 93.3 cm³/mol. The van der Waals surface area contributed by atoms with E-state index in [0.29, 0.717) is 0 Å². The lowest BCUT2D eigenvalue weighted by Crippen LogP contribution is -2.49. The summed E-state index contributed by atoms with van der Waals surface area (Å²) in [7, 11) is 0. The highest BCUT2D eigenvalue weighted by atomic mass is 32.1. The number of aryl methyl sites for hydroxylation is 1. The number of fused-ring (bicyclic) bond motifs is 1. The number of rotatable bonds is 4. The summed E-state index contributed by atoms with van der Waals surface area (Å²) in [5, 5.41) is 6.34. The number of carbonyl (C=O) groups excluding carboxylic acids is 1. The highest BCUT2D eigenvalue weighted by molar-refractivity contribution is 7.12. The van der Waals surface area contributed by atoms with Gasteiger partial charge in [-0.25, -0.2) is 4.98 Å². The molecule has 24 heavy (non-hydrogen) atoms. The Kier molecular flexibility index (Phi) is 4.62. The first-order valence-corrected chi connectivity index (χ1v) is 9.62. The van der Waals surface area contributed by atoms with Crippen LogP contribution in [0, 0.1) is 0 Å². The van der Waals surface area contributed by atoms with Gasteiger partial charge < -0.3 is 4.90 Å². The summed E-state index contributed by atoms with van der Waals surface area (Å²) in [5.41, 5.74) is 2.76. The lowest BCUT2D eigenvalue weighted by atomic mass is 9.93. The van der Waals surface area contributed by atoms with Gasteiger partial charge in [0.05, 0.1) is 11.4 Å². The minimum atomic E-state index is 0.249. The van der Waals surface area contributed by atoms with Crippen LogP contribution in [0.5, 0.6) is 0 Å². The summed E-state index contributed by atoms with van der Waals surface area (Å²) >= 11 is 1.65. The van der Waals surface area contributed by atoms with Crippen LogP contribution in [0.25, 0.3) is 0 Å². The quantitative estimate of drug-likeness (QED) is 0.846. The van der Waals surface area contributed by atoms with Gasteiger partial charge in [0.1, 0.15) is 12.7 Å². The van der Waals surface area contributed by atoms with Gasteiger partial charge in [0.25, 0.3) is 5.91 Å². The molecule has 0 spiro atoms. The van der Waals surface area contributed by atoms with Crippen LogP contribution in [-0.2, 0) is 19.4 Å². The molecule has 1 aliphatic heterocycles. The van der Waals surface area contributed by atoms with Crippen molar-refractivity contribution in [2.45, 2.75) is 32.2 Å². The zero-order chi connectivity index (χ0) is 16.4. The average molecular weight is 345 g/mol. The Bertz CT molecular complexity index is 688. The van der Waals surface area contributed by atoms with E-state index in [-0.39, 0.29) is 5.91 Å². The van der Waals surface area contributed by atoms with Crippen LogP contribution in [0.4, 0.5) is 0 Å². The molecule has 2 aromatic rings. The molecule has 3 heterocycles. The average Bonchev–Trinajstić information content (AvgIpc) is 3.29. The normalized spacial score (nSPS) is 18.6. The van der Waals surface area contributed by atoms with Crippen molar-refractivity contribution in [3.05, 3.63) is 34.0 Å². The molecule has 0 bridgehead atoms. The minimum Gasteiger partial charge on any atom is -0.335 e. The summed E-state index contributed by atoms with van der Waals surface area (Å²) in [4.78, 5) is 22.3. The lowest BCUT2D eigenvalue weighted by molar-refractivity contribution is 0.0635. The molecule has 1 amide bonds. The monoisotopic (exact) mass is 345 g/mol. The maximum Gasteiger partial charge on any atom is 0.264 e. The Hall–Kier alpha value is -1.73. The topological polar surface area (TPSA) is 54.3 Å². The fraction of sp³-hybridized carbons (Fsp3) is 0.588. The second-order valence-electron chi connectivity index (χ2n) is 6.57. The second kappa shape index (κ2) is 7.03. The molecule has 2 aliphatic rings. The highest BCUT2D eigenvalue weighted by Gasteiger charge is 2.26. The van der Waals surface area contributed by atoms with Gasteiger partial charge in [-0.15, -0.1) is 11.3 Å². The van der Waals surface area contributed by atoms with Gasteiger partial charge >= 0.3 is 0 Å². The molecule has 1 fully saturated rings. The standard InChI is InChI=1S/C17H23N5OS/c23-17(16-15-4-2-1-3-14(15)11-24-16)21-8-5-20(6-9-21)7-10-22-13-18-12-19-22/h11-13H,1-10H2. The molecule has 4 rings (SSSR count). The molecule has 0 atom stereocenters. The van der Waals surface area contributed by atoms with Crippen LogP contribution in [0.1, 0.15) is 33.6 Å². The number of thiophene rings is 1. The molecule has 128 valence electrons. The van der Waals surface area contributed by atoms with Gasteiger partial charge in [-0.05, 0) is 42.2 Å². The van der Waals surface area contributed by atoms with Crippen LogP contribution in [-0.4, -0.2) is 63.2 Å². The van der Waals surface area contributed by atoms with Crippen LogP contribution in [0.2, 0.25) is 0 Å². The van der Waals surface area contributed by atoms with Gasteiger partial charge in [-0.3, -0.25) is 14.4 Å². The molecule has 7 heteroatoms. The molecule has 0 saturated carbocycles. The van der Waals surface area contributed by atoms with E-state index in [1.54, 1.807) is 24.0 Å². The molecule has 1 aliphatic carbocycles. The van der Waals surface area contributed by atoms with Crippen LogP contribution in [0.15, 0.2) is 18.0 Å². The smallest absolute Gasteiger partial charge is 0.264 e. The summed E-state index contributed by atoms with van der Waals surface area (Å²) in [5.74, 6) is 0.249.